The predicted molar refractivity (Wildman–Crippen MR) is 79.6 cm³/mol. The zero-order valence-electron chi connectivity index (χ0n) is 12.0. The van der Waals surface area contributed by atoms with Crippen LogP contribution in [0.4, 0.5) is 0 Å². The van der Waals surface area contributed by atoms with Crippen molar-refractivity contribution in [2.24, 2.45) is 5.73 Å². The van der Waals surface area contributed by atoms with E-state index < -0.39 is 11.4 Å². The molecule has 2 amide bonds. The van der Waals surface area contributed by atoms with Crippen LogP contribution in [0.2, 0.25) is 0 Å². The maximum absolute atomic E-state index is 12.8. The van der Waals surface area contributed by atoms with Crippen LogP contribution in [-0.4, -0.2) is 33.2 Å². The van der Waals surface area contributed by atoms with Gasteiger partial charge in [0.15, 0.2) is 5.54 Å². The van der Waals surface area contributed by atoms with E-state index in [1.54, 1.807) is 24.3 Å². The van der Waals surface area contributed by atoms with Crippen molar-refractivity contribution in [1.29, 1.82) is 0 Å². The number of aromatic nitrogens is 2. The molecule has 1 unspecified atom stereocenters. The molecule has 1 fully saturated rings. The van der Waals surface area contributed by atoms with Crippen LogP contribution in [-0.2, 0) is 10.3 Å². The number of benzene rings is 1. The lowest BCUT2D eigenvalue weighted by molar-refractivity contribution is -0.128. The average Bonchev–Trinajstić information content (AvgIpc) is 3.02. The van der Waals surface area contributed by atoms with E-state index in [1.165, 1.54) is 23.5 Å². The molecule has 6 heteroatoms. The molecule has 112 valence electrons. The second kappa shape index (κ2) is 5.55. The van der Waals surface area contributed by atoms with Crippen molar-refractivity contribution in [1.82, 2.24) is 14.9 Å². The second-order valence-electron chi connectivity index (χ2n) is 5.24. The summed E-state index contributed by atoms with van der Waals surface area (Å²) >= 11 is 0. The first-order valence-electron chi connectivity index (χ1n) is 7.09. The Hall–Kier alpha value is -2.76. The topological polar surface area (TPSA) is 89.2 Å². The summed E-state index contributed by atoms with van der Waals surface area (Å²) in [6, 6.07) is 8.87. The van der Waals surface area contributed by atoms with Gasteiger partial charge in [0.1, 0.15) is 0 Å². The summed E-state index contributed by atoms with van der Waals surface area (Å²) in [6.45, 7) is 0.466. The highest BCUT2D eigenvalue weighted by atomic mass is 16.2. The first kappa shape index (κ1) is 14.2. The third-order valence-electron chi connectivity index (χ3n) is 4.04. The van der Waals surface area contributed by atoms with E-state index in [-0.39, 0.29) is 5.91 Å². The molecule has 0 radical (unpaired) electrons. The first-order chi connectivity index (χ1) is 10.7. The molecule has 3 rings (SSSR count). The van der Waals surface area contributed by atoms with E-state index in [9.17, 15) is 9.59 Å². The van der Waals surface area contributed by atoms with E-state index in [0.717, 1.165) is 0 Å². The average molecular weight is 296 g/mol. The highest BCUT2D eigenvalue weighted by molar-refractivity contribution is 5.99. The number of hydrogen-bond donors (Lipinski definition) is 1. The van der Waals surface area contributed by atoms with Crippen LogP contribution in [0.5, 0.6) is 0 Å². The number of primary amides is 1. The van der Waals surface area contributed by atoms with E-state index in [0.29, 0.717) is 30.6 Å². The minimum Gasteiger partial charge on any atom is -0.367 e. The third-order valence-corrected chi connectivity index (χ3v) is 4.04. The summed E-state index contributed by atoms with van der Waals surface area (Å²) < 4.78 is 0. The number of carbonyl (C=O) groups is 2. The molecule has 1 saturated heterocycles. The van der Waals surface area contributed by atoms with E-state index in [1.807, 2.05) is 6.07 Å². The molecule has 1 aromatic carbocycles. The number of nitrogens with zero attached hydrogens (tertiary/aromatic N) is 3. The summed E-state index contributed by atoms with van der Waals surface area (Å²) in [7, 11) is 0. The van der Waals surface area contributed by atoms with Gasteiger partial charge in [-0.05, 0) is 25.0 Å². The second-order valence-corrected chi connectivity index (χ2v) is 5.24. The summed E-state index contributed by atoms with van der Waals surface area (Å²) in [5.74, 6) is -0.794. The third kappa shape index (κ3) is 2.13. The number of nitrogens with two attached hydrogens (primary N) is 1. The normalized spacial score (nSPS) is 20.8. The van der Waals surface area contributed by atoms with Gasteiger partial charge in [-0.1, -0.05) is 18.2 Å². The Labute approximate surface area is 128 Å². The fourth-order valence-corrected chi connectivity index (χ4v) is 2.99. The molecule has 22 heavy (non-hydrogen) atoms. The quantitative estimate of drug-likeness (QED) is 0.918. The highest BCUT2D eigenvalue weighted by Crippen LogP contribution is 2.38. The summed E-state index contributed by atoms with van der Waals surface area (Å²) in [5.41, 5.74) is 5.40. The zero-order chi connectivity index (χ0) is 15.6. The molecule has 0 spiro atoms. The lowest BCUT2D eigenvalue weighted by atomic mass is 9.90. The lowest BCUT2D eigenvalue weighted by Crippen LogP contribution is -2.54. The molecule has 1 atom stereocenters. The Kier molecular flexibility index (Phi) is 3.58. The molecule has 1 aliphatic rings. The largest absolute Gasteiger partial charge is 0.367 e. The maximum Gasteiger partial charge on any atom is 0.255 e. The molecular formula is C16H16N4O2. The fraction of sp³-hybridized carbons (Fsp3) is 0.250. The zero-order valence-corrected chi connectivity index (χ0v) is 12.0. The van der Waals surface area contributed by atoms with Crippen molar-refractivity contribution in [2.45, 2.75) is 18.4 Å². The summed E-state index contributed by atoms with van der Waals surface area (Å²) in [5, 5.41) is 0. The summed E-state index contributed by atoms with van der Waals surface area (Å²) in [6.07, 6.45) is 5.68. The molecule has 0 saturated carbocycles. The van der Waals surface area contributed by atoms with Gasteiger partial charge in [0.05, 0.1) is 11.9 Å². The Balaban J connectivity index is 2.07. The minimum absolute atomic E-state index is 0.220. The number of amides is 2. The van der Waals surface area contributed by atoms with Crippen LogP contribution in [0, 0.1) is 0 Å². The van der Waals surface area contributed by atoms with Gasteiger partial charge in [0.2, 0.25) is 5.91 Å². The molecule has 6 nitrogen and oxygen atoms in total. The van der Waals surface area contributed by atoms with Crippen LogP contribution in [0.1, 0.15) is 28.9 Å². The van der Waals surface area contributed by atoms with Gasteiger partial charge < -0.3 is 10.6 Å². The molecule has 0 aliphatic carbocycles. The van der Waals surface area contributed by atoms with Crippen LogP contribution in [0.15, 0.2) is 48.9 Å². The SMILES string of the molecule is NC(=O)C1(c2cnccn2)CCCN1C(=O)c1ccccc1. The van der Waals surface area contributed by atoms with E-state index in [2.05, 4.69) is 9.97 Å². The molecule has 0 bridgehead atoms. The molecule has 2 N–H and O–H groups in total. The van der Waals surface area contributed by atoms with Crippen molar-refractivity contribution in [3.63, 3.8) is 0 Å². The maximum atomic E-state index is 12.8. The Morgan fingerprint density at radius 1 is 1.18 bits per heavy atom. The molecule has 2 heterocycles. The first-order valence-corrected chi connectivity index (χ1v) is 7.09. The monoisotopic (exact) mass is 296 g/mol. The van der Waals surface area contributed by atoms with Gasteiger partial charge in [-0.2, -0.15) is 0 Å². The smallest absolute Gasteiger partial charge is 0.255 e. The lowest BCUT2D eigenvalue weighted by Gasteiger charge is -2.35. The Morgan fingerprint density at radius 2 is 1.95 bits per heavy atom. The molecular weight excluding hydrogens is 280 g/mol. The van der Waals surface area contributed by atoms with E-state index >= 15 is 0 Å². The van der Waals surface area contributed by atoms with Gasteiger partial charge in [0, 0.05) is 24.5 Å². The van der Waals surface area contributed by atoms with Crippen molar-refractivity contribution >= 4 is 11.8 Å². The highest BCUT2D eigenvalue weighted by Gasteiger charge is 2.51. The van der Waals surface area contributed by atoms with Crippen molar-refractivity contribution in [3.05, 3.63) is 60.2 Å². The minimum atomic E-state index is -1.22. The molecule has 1 aliphatic heterocycles. The van der Waals surface area contributed by atoms with Gasteiger partial charge in [0.25, 0.3) is 5.91 Å². The van der Waals surface area contributed by atoms with Crippen molar-refractivity contribution < 1.29 is 9.59 Å². The number of hydrogen-bond acceptors (Lipinski definition) is 4. The Morgan fingerprint density at radius 3 is 2.59 bits per heavy atom. The van der Waals surface area contributed by atoms with Gasteiger partial charge >= 0.3 is 0 Å². The van der Waals surface area contributed by atoms with Gasteiger partial charge in [-0.15, -0.1) is 0 Å². The standard InChI is InChI=1S/C16H16N4O2/c17-15(22)16(13-11-18-8-9-19-13)7-4-10-20(16)14(21)12-5-2-1-3-6-12/h1-3,5-6,8-9,11H,4,7,10H2,(H2,17,22). The van der Waals surface area contributed by atoms with Crippen LogP contribution >= 0.6 is 0 Å². The fourth-order valence-electron chi connectivity index (χ4n) is 2.99. The number of likely N-dealkylation sites (tertiary alicyclic amines) is 1. The van der Waals surface area contributed by atoms with Gasteiger partial charge in [-0.3, -0.25) is 19.6 Å². The molecule has 2 aromatic rings. The van der Waals surface area contributed by atoms with Crippen LogP contribution in [0.3, 0.4) is 0 Å². The molecule has 1 aromatic heterocycles. The summed E-state index contributed by atoms with van der Waals surface area (Å²) in [4.78, 5) is 34.8. The Bertz CT molecular complexity index is 690. The van der Waals surface area contributed by atoms with Gasteiger partial charge in [-0.25, -0.2) is 0 Å². The van der Waals surface area contributed by atoms with E-state index in [4.69, 9.17) is 5.73 Å². The number of rotatable bonds is 3. The van der Waals surface area contributed by atoms with Crippen molar-refractivity contribution in [2.75, 3.05) is 6.54 Å². The predicted octanol–water partition coefficient (Wildman–Crippen LogP) is 1.09. The van der Waals surface area contributed by atoms with Crippen LogP contribution in [0.25, 0.3) is 0 Å². The number of carbonyl (C=O) groups excluding carboxylic acids is 2. The van der Waals surface area contributed by atoms with Crippen molar-refractivity contribution in [3.8, 4) is 0 Å². The van der Waals surface area contributed by atoms with Crippen LogP contribution < -0.4 is 5.73 Å².